The molecule has 0 aliphatic rings. The fourth-order valence-corrected chi connectivity index (χ4v) is 2.54. The molecule has 0 amide bonds. The second kappa shape index (κ2) is 4.94. The van der Waals surface area contributed by atoms with Crippen LogP contribution in [0.5, 0.6) is 0 Å². The molecule has 0 radical (unpaired) electrons. The van der Waals surface area contributed by atoms with Crippen molar-refractivity contribution in [3.05, 3.63) is 5.82 Å². The summed E-state index contributed by atoms with van der Waals surface area (Å²) in [5.74, 6) is 1.13. The molecule has 1 aromatic rings. The largest absolute Gasteiger partial charge is 0.298 e. The SMILES string of the molecule is CC(C)C(C)c1nnc(S(=O)(=O)Cl)n1C(C)C. The van der Waals surface area contributed by atoms with Crippen LogP contribution in [0.25, 0.3) is 0 Å². The van der Waals surface area contributed by atoms with Crippen molar-refractivity contribution in [2.45, 2.75) is 51.7 Å². The molecule has 0 spiro atoms. The molecule has 0 fully saturated rings. The van der Waals surface area contributed by atoms with E-state index in [9.17, 15) is 8.42 Å². The summed E-state index contributed by atoms with van der Waals surface area (Å²) in [5.41, 5.74) is 0. The van der Waals surface area contributed by atoms with E-state index in [0.717, 1.165) is 0 Å². The van der Waals surface area contributed by atoms with E-state index in [1.165, 1.54) is 0 Å². The molecule has 1 heterocycles. The lowest BCUT2D eigenvalue weighted by Gasteiger charge is -2.19. The topological polar surface area (TPSA) is 64.8 Å². The summed E-state index contributed by atoms with van der Waals surface area (Å²) in [6, 6.07) is -0.0512. The minimum Gasteiger partial charge on any atom is -0.298 e. The molecular weight excluding hydrogens is 262 g/mol. The lowest BCUT2D eigenvalue weighted by Crippen LogP contribution is -2.16. The highest BCUT2D eigenvalue weighted by atomic mass is 35.7. The Morgan fingerprint density at radius 1 is 1.12 bits per heavy atom. The minimum atomic E-state index is -3.86. The van der Waals surface area contributed by atoms with Gasteiger partial charge in [0.1, 0.15) is 5.82 Å². The van der Waals surface area contributed by atoms with E-state index in [-0.39, 0.29) is 17.1 Å². The van der Waals surface area contributed by atoms with E-state index >= 15 is 0 Å². The third kappa shape index (κ3) is 2.98. The van der Waals surface area contributed by atoms with E-state index in [1.54, 1.807) is 4.57 Å². The van der Waals surface area contributed by atoms with Gasteiger partial charge in [0, 0.05) is 22.6 Å². The highest BCUT2D eigenvalue weighted by Crippen LogP contribution is 2.27. The summed E-state index contributed by atoms with van der Waals surface area (Å²) in [6.45, 7) is 9.87. The van der Waals surface area contributed by atoms with Crippen LogP contribution in [0.15, 0.2) is 5.16 Å². The molecule has 7 heteroatoms. The van der Waals surface area contributed by atoms with Gasteiger partial charge in [-0.05, 0) is 19.8 Å². The molecule has 0 aromatic carbocycles. The average Bonchev–Trinajstić information content (AvgIpc) is 2.59. The van der Waals surface area contributed by atoms with Crippen LogP contribution in [-0.4, -0.2) is 23.2 Å². The van der Waals surface area contributed by atoms with Crippen LogP contribution in [-0.2, 0) is 9.05 Å². The van der Waals surface area contributed by atoms with Crippen LogP contribution in [0.1, 0.15) is 52.4 Å². The van der Waals surface area contributed by atoms with Crippen molar-refractivity contribution in [3.63, 3.8) is 0 Å². The standard InChI is InChI=1S/C10H18ClN3O2S/c1-6(2)8(5)9-12-13-10(17(11,15)16)14(9)7(3)4/h6-8H,1-5H3. The Morgan fingerprint density at radius 2 is 1.65 bits per heavy atom. The maximum Gasteiger partial charge on any atom is 0.296 e. The third-order valence-corrected chi connectivity index (χ3v) is 3.96. The molecule has 0 saturated heterocycles. The zero-order valence-electron chi connectivity index (χ0n) is 10.7. The fraction of sp³-hybridized carbons (Fsp3) is 0.800. The first-order chi connectivity index (χ1) is 7.66. The molecule has 1 unspecified atom stereocenters. The number of hydrogen-bond acceptors (Lipinski definition) is 4. The first-order valence-corrected chi connectivity index (χ1v) is 7.86. The summed E-state index contributed by atoms with van der Waals surface area (Å²) in [5, 5.41) is 7.51. The number of halogens is 1. The van der Waals surface area contributed by atoms with Crippen LogP contribution in [0.4, 0.5) is 0 Å². The normalized spacial score (nSPS) is 14.6. The monoisotopic (exact) mass is 279 g/mol. The van der Waals surface area contributed by atoms with E-state index < -0.39 is 9.05 Å². The number of hydrogen-bond donors (Lipinski definition) is 0. The van der Waals surface area contributed by atoms with E-state index in [0.29, 0.717) is 11.7 Å². The first kappa shape index (κ1) is 14.4. The molecule has 1 aromatic heterocycles. The molecule has 0 N–H and O–H groups in total. The van der Waals surface area contributed by atoms with Crippen molar-refractivity contribution in [1.29, 1.82) is 0 Å². The van der Waals surface area contributed by atoms with Gasteiger partial charge in [-0.2, -0.15) is 0 Å². The van der Waals surface area contributed by atoms with E-state index in [4.69, 9.17) is 10.7 Å². The Balaban J connectivity index is 3.41. The van der Waals surface area contributed by atoms with Crippen LogP contribution < -0.4 is 0 Å². The van der Waals surface area contributed by atoms with Crippen LogP contribution in [0, 0.1) is 5.92 Å². The maximum absolute atomic E-state index is 11.4. The van der Waals surface area contributed by atoms with Crippen molar-refractivity contribution in [3.8, 4) is 0 Å². The molecule has 0 saturated carbocycles. The van der Waals surface area contributed by atoms with Crippen molar-refractivity contribution >= 4 is 19.7 Å². The average molecular weight is 280 g/mol. The molecule has 17 heavy (non-hydrogen) atoms. The summed E-state index contributed by atoms with van der Waals surface area (Å²) < 4.78 is 24.4. The van der Waals surface area contributed by atoms with Crippen LogP contribution >= 0.6 is 10.7 Å². The Hall–Kier alpha value is -0.620. The van der Waals surface area contributed by atoms with E-state index in [2.05, 4.69) is 24.0 Å². The van der Waals surface area contributed by atoms with Crippen molar-refractivity contribution < 1.29 is 8.42 Å². The molecule has 98 valence electrons. The Morgan fingerprint density at radius 3 is 2.00 bits per heavy atom. The van der Waals surface area contributed by atoms with Gasteiger partial charge in [0.2, 0.25) is 0 Å². The Kier molecular flexibility index (Phi) is 4.19. The maximum atomic E-state index is 11.4. The predicted molar refractivity (Wildman–Crippen MR) is 66.7 cm³/mol. The summed E-state index contributed by atoms with van der Waals surface area (Å²) >= 11 is 0. The van der Waals surface area contributed by atoms with E-state index in [1.807, 2.05) is 20.8 Å². The molecule has 0 aliphatic carbocycles. The van der Waals surface area contributed by atoms with Gasteiger partial charge >= 0.3 is 0 Å². The zero-order valence-corrected chi connectivity index (χ0v) is 12.2. The third-order valence-electron chi connectivity index (χ3n) is 2.83. The molecule has 1 atom stereocenters. The Labute approximate surface area is 107 Å². The fourth-order valence-electron chi connectivity index (χ4n) is 1.55. The van der Waals surface area contributed by atoms with Gasteiger partial charge < -0.3 is 0 Å². The second-order valence-corrected chi connectivity index (χ2v) is 7.23. The van der Waals surface area contributed by atoms with Crippen LogP contribution in [0.2, 0.25) is 0 Å². The zero-order chi connectivity index (χ0) is 13.4. The summed E-state index contributed by atoms with van der Waals surface area (Å²) in [4.78, 5) is 0. The number of aromatic nitrogens is 3. The number of nitrogens with zero attached hydrogens (tertiary/aromatic N) is 3. The highest BCUT2D eigenvalue weighted by molar-refractivity contribution is 8.13. The summed E-state index contributed by atoms with van der Waals surface area (Å²) in [7, 11) is 1.50. The number of rotatable bonds is 4. The van der Waals surface area contributed by atoms with Gasteiger partial charge in [0.25, 0.3) is 14.2 Å². The second-order valence-electron chi connectivity index (χ2n) is 4.78. The minimum absolute atomic E-state index is 0.0512. The van der Waals surface area contributed by atoms with Crippen LogP contribution in [0.3, 0.4) is 0 Å². The molecule has 0 aliphatic heterocycles. The van der Waals surface area contributed by atoms with Gasteiger partial charge in [-0.1, -0.05) is 20.8 Å². The molecule has 0 bridgehead atoms. The lowest BCUT2D eigenvalue weighted by molar-refractivity contribution is 0.444. The van der Waals surface area contributed by atoms with Crippen molar-refractivity contribution in [2.75, 3.05) is 0 Å². The van der Waals surface area contributed by atoms with Gasteiger partial charge in [-0.15, -0.1) is 10.2 Å². The van der Waals surface area contributed by atoms with Gasteiger partial charge in [0.05, 0.1) is 0 Å². The van der Waals surface area contributed by atoms with Gasteiger partial charge in [-0.3, -0.25) is 4.57 Å². The quantitative estimate of drug-likeness (QED) is 0.795. The molecule has 1 rings (SSSR count). The Bertz CT molecular complexity index is 494. The highest BCUT2D eigenvalue weighted by Gasteiger charge is 2.27. The molecular formula is C10H18ClN3O2S. The van der Waals surface area contributed by atoms with Crippen molar-refractivity contribution in [1.82, 2.24) is 14.8 Å². The molecule has 5 nitrogen and oxygen atoms in total. The smallest absolute Gasteiger partial charge is 0.296 e. The predicted octanol–water partition coefficient (Wildman–Crippen LogP) is 2.55. The van der Waals surface area contributed by atoms with Gasteiger partial charge in [-0.25, -0.2) is 8.42 Å². The summed E-state index contributed by atoms with van der Waals surface area (Å²) in [6.07, 6.45) is 0. The lowest BCUT2D eigenvalue weighted by atomic mass is 9.97. The van der Waals surface area contributed by atoms with Gasteiger partial charge in [0.15, 0.2) is 0 Å². The van der Waals surface area contributed by atoms with Crippen molar-refractivity contribution in [2.24, 2.45) is 5.92 Å². The first-order valence-electron chi connectivity index (χ1n) is 5.55.